The van der Waals surface area contributed by atoms with E-state index in [1.165, 1.54) is 13.0 Å². The van der Waals surface area contributed by atoms with Gasteiger partial charge < -0.3 is 0 Å². The first-order valence-corrected chi connectivity index (χ1v) is 12.0. The van der Waals surface area contributed by atoms with Gasteiger partial charge in [-0.3, -0.25) is 4.72 Å². The van der Waals surface area contributed by atoms with Gasteiger partial charge in [0.25, 0.3) is 10.0 Å². The largest absolute Gasteiger partial charge is 0.280 e. The van der Waals surface area contributed by atoms with E-state index in [-0.39, 0.29) is 15.7 Å². The van der Waals surface area contributed by atoms with Gasteiger partial charge in [-0.05, 0) is 61.4 Å². The van der Waals surface area contributed by atoms with Crippen molar-refractivity contribution in [3.8, 4) is 11.3 Å². The Kier molecular flexibility index (Phi) is 5.72. The molecular formula is C20H21N3O4S2. The zero-order valence-corrected chi connectivity index (χ0v) is 17.9. The first-order valence-electron chi connectivity index (χ1n) is 8.89. The number of sulfonamides is 1. The van der Waals surface area contributed by atoms with Crippen LogP contribution in [0.25, 0.3) is 11.3 Å². The van der Waals surface area contributed by atoms with Gasteiger partial charge in [-0.15, -0.1) is 10.2 Å². The van der Waals surface area contributed by atoms with Crippen LogP contribution in [0.2, 0.25) is 0 Å². The highest BCUT2D eigenvalue weighted by molar-refractivity contribution is 7.92. The summed E-state index contributed by atoms with van der Waals surface area (Å²) >= 11 is 0. The number of hydrogen-bond acceptors (Lipinski definition) is 6. The van der Waals surface area contributed by atoms with Crippen LogP contribution in [0.1, 0.15) is 18.1 Å². The van der Waals surface area contributed by atoms with Gasteiger partial charge in [0.1, 0.15) is 0 Å². The first-order chi connectivity index (χ1) is 13.6. The fraction of sp³-hybridized carbons (Fsp3) is 0.200. The molecule has 9 heteroatoms. The Labute approximate surface area is 170 Å². The lowest BCUT2D eigenvalue weighted by molar-refractivity contribution is 0.591. The number of anilines is 1. The van der Waals surface area contributed by atoms with E-state index in [9.17, 15) is 16.8 Å². The number of aryl methyl sites for hydroxylation is 2. The van der Waals surface area contributed by atoms with Crippen LogP contribution in [0.15, 0.2) is 64.5 Å². The maximum atomic E-state index is 12.7. The average Bonchev–Trinajstić information content (AvgIpc) is 2.67. The third-order valence-corrected chi connectivity index (χ3v) is 7.23. The second-order valence-electron chi connectivity index (χ2n) is 6.67. The summed E-state index contributed by atoms with van der Waals surface area (Å²) in [6, 6.07) is 14.8. The predicted octanol–water partition coefficient (Wildman–Crippen LogP) is 3.35. The highest BCUT2D eigenvalue weighted by Crippen LogP contribution is 2.24. The molecule has 0 bridgehead atoms. The van der Waals surface area contributed by atoms with Crippen LogP contribution in [0.4, 0.5) is 5.69 Å². The lowest BCUT2D eigenvalue weighted by atomic mass is 10.1. The maximum Gasteiger partial charge on any atom is 0.261 e. The van der Waals surface area contributed by atoms with E-state index in [2.05, 4.69) is 14.9 Å². The Morgan fingerprint density at radius 2 is 1.55 bits per heavy atom. The lowest BCUT2D eigenvalue weighted by Gasteiger charge is -2.11. The van der Waals surface area contributed by atoms with Gasteiger partial charge in [0.2, 0.25) is 0 Å². The smallest absolute Gasteiger partial charge is 0.261 e. The molecule has 0 radical (unpaired) electrons. The van der Waals surface area contributed by atoms with Gasteiger partial charge in [-0.25, -0.2) is 16.8 Å². The van der Waals surface area contributed by atoms with Crippen LogP contribution in [0.5, 0.6) is 0 Å². The first kappa shape index (κ1) is 20.9. The van der Waals surface area contributed by atoms with Crippen molar-refractivity contribution in [1.82, 2.24) is 10.2 Å². The Morgan fingerprint density at radius 3 is 2.14 bits per heavy atom. The van der Waals surface area contributed by atoms with Gasteiger partial charge in [0.05, 0.1) is 16.3 Å². The number of sulfone groups is 1. The highest BCUT2D eigenvalue weighted by Gasteiger charge is 2.17. The SMILES string of the molecule is CCS(=O)(=O)c1ccc(-c2cccc(NS(=O)(=O)c3cc(C)cc(C)c3)c2)nn1. The van der Waals surface area contributed by atoms with E-state index in [0.29, 0.717) is 16.9 Å². The van der Waals surface area contributed by atoms with Crippen molar-refractivity contribution in [2.75, 3.05) is 10.5 Å². The fourth-order valence-electron chi connectivity index (χ4n) is 2.83. The zero-order chi connectivity index (χ0) is 21.2. The van der Waals surface area contributed by atoms with Crippen molar-refractivity contribution in [2.24, 2.45) is 0 Å². The molecule has 7 nitrogen and oxygen atoms in total. The molecule has 0 aliphatic heterocycles. The normalized spacial score (nSPS) is 12.0. The molecule has 29 heavy (non-hydrogen) atoms. The van der Waals surface area contributed by atoms with Crippen molar-refractivity contribution in [3.63, 3.8) is 0 Å². The molecule has 1 aromatic heterocycles. The number of aromatic nitrogens is 2. The molecule has 2 aromatic carbocycles. The van der Waals surface area contributed by atoms with Gasteiger partial charge >= 0.3 is 0 Å². The van der Waals surface area contributed by atoms with Crippen LogP contribution >= 0.6 is 0 Å². The molecule has 0 aliphatic carbocycles. The summed E-state index contributed by atoms with van der Waals surface area (Å²) in [6.07, 6.45) is 0. The monoisotopic (exact) mass is 431 g/mol. The Bertz CT molecular complexity index is 1230. The summed E-state index contributed by atoms with van der Waals surface area (Å²) < 4.78 is 51.8. The molecule has 152 valence electrons. The van der Waals surface area contributed by atoms with Crippen molar-refractivity contribution >= 4 is 25.5 Å². The lowest BCUT2D eigenvalue weighted by Crippen LogP contribution is -2.13. The summed E-state index contributed by atoms with van der Waals surface area (Å²) in [6.45, 7) is 5.22. The summed E-state index contributed by atoms with van der Waals surface area (Å²) in [4.78, 5) is 0.189. The predicted molar refractivity (Wildman–Crippen MR) is 112 cm³/mol. The Balaban J connectivity index is 1.90. The van der Waals surface area contributed by atoms with Crippen molar-refractivity contribution in [2.45, 2.75) is 30.7 Å². The molecule has 1 N–H and O–H groups in total. The van der Waals surface area contributed by atoms with E-state index >= 15 is 0 Å². The molecule has 0 unspecified atom stereocenters. The van der Waals surface area contributed by atoms with Gasteiger partial charge in [0, 0.05) is 11.3 Å². The minimum absolute atomic E-state index is 0.0588. The second-order valence-corrected chi connectivity index (χ2v) is 10.6. The summed E-state index contributed by atoms with van der Waals surface area (Å²) in [7, 11) is -7.18. The third kappa shape index (κ3) is 4.80. The molecule has 3 aromatic rings. The molecule has 1 heterocycles. The molecule has 0 atom stereocenters. The number of nitrogens with zero attached hydrogens (tertiary/aromatic N) is 2. The van der Waals surface area contributed by atoms with Gasteiger partial charge in [0.15, 0.2) is 14.9 Å². The van der Waals surface area contributed by atoms with E-state index in [4.69, 9.17) is 0 Å². The number of hydrogen-bond donors (Lipinski definition) is 1. The second kappa shape index (κ2) is 7.92. The topological polar surface area (TPSA) is 106 Å². The van der Waals surface area contributed by atoms with Crippen LogP contribution < -0.4 is 4.72 Å². The quantitative estimate of drug-likeness (QED) is 0.641. The van der Waals surface area contributed by atoms with Gasteiger partial charge in [-0.1, -0.05) is 25.1 Å². The molecule has 0 aliphatic rings. The fourth-order valence-corrected chi connectivity index (χ4v) is 4.81. The third-order valence-electron chi connectivity index (χ3n) is 4.25. The molecule has 0 spiro atoms. The number of rotatable bonds is 6. The summed E-state index contributed by atoms with van der Waals surface area (Å²) in [5.74, 6) is -0.0588. The Hall–Kier alpha value is -2.78. The molecule has 3 rings (SSSR count). The summed E-state index contributed by atoms with van der Waals surface area (Å²) in [5, 5.41) is 7.68. The maximum absolute atomic E-state index is 12.7. The Morgan fingerprint density at radius 1 is 0.862 bits per heavy atom. The van der Waals surface area contributed by atoms with Crippen LogP contribution in [0.3, 0.4) is 0 Å². The molecular weight excluding hydrogens is 410 g/mol. The average molecular weight is 432 g/mol. The molecule has 0 fully saturated rings. The number of nitrogens with one attached hydrogen (secondary N) is 1. The van der Waals surface area contributed by atoms with E-state index < -0.39 is 19.9 Å². The van der Waals surface area contributed by atoms with Crippen LogP contribution in [-0.2, 0) is 19.9 Å². The molecule has 0 saturated heterocycles. The van der Waals surface area contributed by atoms with Crippen molar-refractivity contribution in [3.05, 3.63) is 65.7 Å². The standard InChI is InChI=1S/C20H21N3O4S2/c1-4-28(24,25)20-9-8-19(21-22-20)16-6-5-7-17(13-16)23-29(26,27)18-11-14(2)10-15(3)12-18/h5-13,23H,4H2,1-3H3. The minimum atomic E-state index is -3.75. The van der Waals surface area contributed by atoms with E-state index in [0.717, 1.165) is 11.1 Å². The van der Waals surface area contributed by atoms with Crippen LogP contribution in [0, 0.1) is 13.8 Å². The van der Waals surface area contributed by atoms with Gasteiger partial charge in [-0.2, -0.15) is 0 Å². The van der Waals surface area contributed by atoms with E-state index in [1.807, 2.05) is 19.9 Å². The summed E-state index contributed by atoms with van der Waals surface area (Å²) in [5.41, 5.74) is 3.13. The molecule has 0 saturated carbocycles. The highest BCUT2D eigenvalue weighted by atomic mass is 32.2. The van der Waals surface area contributed by atoms with E-state index in [1.54, 1.807) is 42.5 Å². The zero-order valence-electron chi connectivity index (χ0n) is 16.2. The van der Waals surface area contributed by atoms with Crippen LogP contribution in [-0.4, -0.2) is 32.8 Å². The number of benzene rings is 2. The minimum Gasteiger partial charge on any atom is -0.280 e. The van der Waals surface area contributed by atoms with Crippen molar-refractivity contribution in [1.29, 1.82) is 0 Å². The molecule has 0 amide bonds. The van der Waals surface area contributed by atoms with Crippen molar-refractivity contribution < 1.29 is 16.8 Å².